The van der Waals surface area contributed by atoms with Gasteiger partial charge in [-0.1, -0.05) is 45.1 Å². The second kappa shape index (κ2) is 6.77. The molecule has 28 heavy (non-hydrogen) atoms. The zero-order valence-corrected chi connectivity index (χ0v) is 17.0. The smallest absolute Gasteiger partial charge is 0.339 e. The predicted octanol–water partition coefficient (Wildman–Crippen LogP) is 4.94. The molecule has 2 fully saturated rings. The number of benzene rings is 1. The third kappa shape index (κ3) is 2.98. The molecule has 2 aliphatic carbocycles. The van der Waals surface area contributed by atoms with Crippen molar-refractivity contribution in [3.8, 4) is 5.75 Å². The lowest BCUT2D eigenvalue weighted by Gasteiger charge is -2.59. The minimum atomic E-state index is -0.401. The summed E-state index contributed by atoms with van der Waals surface area (Å²) in [7, 11) is 0. The molecule has 0 saturated heterocycles. The molecular formula is C24H30O4. The van der Waals surface area contributed by atoms with E-state index in [0.717, 1.165) is 31.1 Å². The van der Waals surface area contributed by atoms with Gasteiger partial charge in [-0.25, -0.2) is 4.79 Å². The highest BCUT2D eigenvalue weighted by Gasteiger charge is 2.56. The topological polar surface area (TPSA) is 59.7 Å². The lowest BCUT2D eigenvalue weighted by Crippen LogP contribution is -2.55. The summed E-state index contributed by atoms with van der Waals surface area (Å²) < 4.78 is 11.5. The molecule has 2 saturated carbocycles. The first-order valence-electron chi connectivity index (χ1n) is 10.2. The van der Waals surface area contributed by atoms with Crippen molar-refractivity contribution in [1.82, 2.24) is 0 Å². The number of aliphatic hydroxyl groups is 1. The van der Waals surface area contributed by atoms with Crippen LogP contribution in [0.1, 0.15) is 46.5 Å². The van der Waals surface area contributed by atoms with E-state index in [2.05, 4.69) is 27.4 Å². The number of aliphatic hydroxyl groups excluding tert-OH is 1. The van der Waals surface area contributed by atoms with Crippen molar-refractivity contribution in [2.45, 2.75) is 52.6 Å². The Morgan fingerprint density at radius 1 is 1.25 bits per heavy atom. The molecule has 1 aromatic carbocycles. The van der Waals surface area contributed by atoms with Crippen LogP contribution in [0.3, 0.4) is 0 Å². The molecule has 0 radical (unpaired) electrons. The molecule has 0 aliphatic heterocycles. The highest BCUT2D eigenvalue weighted by Crippen LogP contribution is 2.60. The normalized spacial score (nSPS) is 32.1. The fourth-order valence-electron chi connectivity index (χ4n) is 5.85. The van der Waals surface area contributed by atoms with E-state index in [1.165, 1.54) is 11.6 Å². The van der Waals surface area contributed by atoms with Gasteiger partial charge in [0, 0.05) is 5.92 Å². The van der Waals surface area contributed by atoms with E-state index in [9.17, 15) is 9.90 Å². The molecule has 4 atom stereocenters. The van der Waals surface area contributed by atoms with Crippen LogP contribution >= 0.6 is 0 Å². The summed E-state index contributed by atoms with van der Waals surface area (Å²) in [6, 6.07) is 8.89. The van der Waals surface area contributed by atoms with E-state index < -0.39 is 5.63 Å². The van der Waals surface area contributed by atoms with Gasteiger partial charge in [0.15, 0.2) is 0 Å². The molecule has 0 amide bonds. The summed E-state index contributed by atoms with van der Waals surface area (Å²) in [5.41, 5.74) is 1.28. The zero-order chi connectivity index (χ0) is 20.1. The van der Waals surface area contributed by atoms with E-state index in [1.54, 1.807) is 6.07 Å². The fourth-order valence-corrected chi connectivity index (χ4v) is 5.85. The quantitative estimate of drug-likeness (QED) is 0.603. The van der Waals surface area contributed by atoms with Crippen molar-refractivity contribution in [3.05, 3.63) is 52.9 Å². The summed E-state index contributed by atoms with van der Waals surface area (Å²) in [4.78, 5) is 11.9. The fraction of sp³-hybridized carbons (Fsp3) is 0.542. The van der Waals surface area contributed by atoms with E-state index in [4.69, 9.17) is 9.15 Å². The molecule has 1 N–H and O–H groups in total. The van der Waals surface area contributed by atoms with Gasteiger partial charge in [0.25, 0.3) is 0 Å². The van der Waals surface area contributed by atoms with Crippen LogP contribution in [-0.2, 0) is 0 Å². The zero-order valence-electron chi connectivity index (χ0n) is 17.0. The van der Waals surface area contributed by atoms with Crippen molar-refractivity contribution in [1.29, 1.82) is 0 Å². The van der Waals surface area contributed by atoms with E-state index >= 15 is 0 Å². The maximum absolute atomic E-state index is 11.9. The van der Waals surface area contributed by atoms with Crippen LogP contribution in [0.25, 0.3) is 11.0 Å². The highest BCUT2D eigenvalue weighted by molar-refractivity contribution is 5.82. The van der Waals surface area contributed by atoms with Crippen molar-refractivity contribution >= 4 is 11.0 Å². The molecule has 4 rings (SSSR count). The molecule has 0 spiro atoms. The van der Waals surface area contributed by atoms with Gasteiger partial charge in [0.1, 0.15) is 11.3 Å². The minimum absolute atomic E-state index is 0.0350. The number of fused-ring (bicyclic) bond motifs is 2. The Morgan fingerprint density at radius 2 is 2.00 bits per heavy atom. The van der Waals surface area contributed by atoms with Crippen LogP contribution in [0, 0.1) is 22.7 Å². The molecule has 1 aromatic heterocycles. The molecule has 4 nitrogen and oxygen atoms in total. The van der Waals surface area contributed by atoms with Crippen LogP contribution in [0.4, 0.5) is 0 Å². The Bertz CT molecular complexity index is 956. The first kappa shape index (κ1) is 19.3. The number of rotatable bonds is 3. The van der Waals surface area contributed by atoms with Gasteiger partial charge in [-0.3, -0.25) is 0 Å². The van der Waals surface area contributed by atoms with Gasteiger partial charge in [-0.2, -0.15) is 0 Å². The van der Waals surface area contributed by atoms with Gasteiger partial charge < -0.3 is 14.3 Å². The highest BCUT2D eigenvalue weighted by atomic mass is 16.5. The first-order valence-corrected chi connectivity index (χ1v) is 10.2. The Kier molecular flexibility index (Phi) is 4.65. The first-order chi connectivity index (χ1) is 13.2. The monoisotopic (exact) mass is 382 g/mol. The largest absolute Gasteiger partial charge is 0.492 e. The summed E-state index contributed by atoms with van der Waals surface area (Å²) in [5.74, 6) is 1.19. The van der Waals surface area contributed by atoms with E-state index in [1.807, 2.05) is 18.2 Å². The van der Waals surface area contributed by atoms with E-state index in [0.29, 0.717) is 23.9 Å². The van der Waals surface area contributed by atoms with Gasteiger partial charge in [-0.05, 0) is 54.6 Å². The third-order valence-electron chi connectivity index (χ3n) is 7.57. The van der Waals surface area contributed by atoms with Crippen molar-refractivity contribution in [2.24, 2.45) is 22.7 Å². The maximum Gasteiger partial charge on any atom is 0.339 e. The lowest BCUT2D eigenvalue weighted by atomic mass is 9.47. The van der Waals surface area contributed by atoms with Crippen molar-refractivity contribution in [3.63, 3.8) is 0 Å². The summed E-state index contributed by atoms with van der Waals surface area (Å²) in [6.45, 7) is 11.6. The van der Waals surface area contributed by atoms with Crippen molar-refractivity contribution < 1.29 is 14.3 Å². The van der Waals surface area contributed by atoms with Crippen molar-refractivity contribution in [2.75, 3.05) is 6.61 Å². The number of hydrogen-bond donors (Lipinski definition) is 1. The standard InChI is InChI=1S/C24H30O4/c1-15-9-10-20-23(2,3)21(25)11-12-24(20,4)17(15)14-27-19-13-22(26)28-18-8-6-5-7-16(18)19/h5-8,13,17,20-21,25H,1,9-12,14H2,2-4H3/t17-,20-,21-,24+/m1/s1. The van der Waals surface area contributed by atoms with Crippen LogP contribution < -0.4 is 10.4 Å². The summed E-state index contributed by atoms with van der Waals surface area (Å²) in [5, 5.41) is 11.4. The SMILES string of the molecule is C=C1CC[C@@H]2C(C)(C)[C@H](O)CC[C@@]2(C)[C@@H]1COc1cc(=O)oc2ccccc12. The second-order valence-electron chi connectivity index (χ2n) is 9.42. The van der Waals surface area contributed by atoms with Crippen LogP contribution in [0.15, 0.2) is 51.7 Å². The van der Waals surface area contributed by atoms with Crippen LogP contribution in [0.2, 0.25) is 0 Å². The van der Waals surface area contributed by atoms with Gasteiger partial charge >= 0.3 is 5.63 Å². The third-order valence-corrected chi connectivity index (χ3v) is 7.57. The summed E-state index contributed by atoms with van der Waals surface area (Å²) >= 11 is 0. The van der Waals surface area contributed by atoms with Gasteiger partial charge in [0.2, 0.25) is 0 Å². The molecule has 2 aliphatic rings. The second-order valence-corrected chi connectivity index (χ2v) is 9.42. The van der Waals surface area contributed by atoms with Gasteiger partial charge in [-0.15, -0.1) is 0 Å². The number of para-hydroxylation sites is 1. The van der Waals surface area contributed by atoms with Crippen LogP contribution in [-0.4, -0.2) is 17.8 Å². The Balaban J connectivity index is 1.64. The Labute approximate surface area is 166 Å². The Morgan fingerprint density at radius 3 is 2.79 bits per heavy atom. The van der Waals surface area contributed by atoms with Crippen LogP contribution in [0.5, 0.6) is 5.75 Å². The maximum atomic E-state index is 11.9. The molecule has 150 valence electrons. The molecule has 1 heterocycles. The molecule has 4 heteroatoms. The molecule has 0 bridgehead atoms. The average molecular weight is 383 g/mol. The summed E-state index contributed by atoms with van der Waals surface area (Å²) in [6.07, 6.45) is 3.53. The molecule has 2 aromatic rings. The Hall–Kier alpha value is -2.07. The molecular weight excluding hydrogens is 352 g/mol. The number of hydrogen-bond acceptors (Lipinski definition) is 4. The van der Waals surface area contributed by atoms with E-state index in [-0.39, 0.29) is 22.9 Å². The minimum Gasteiger partial charge on any atom is -0.492 e. The number of ether oxygens (including phenoxy) is 1. The lowest BCUT2D eigenvalue weighted by molar-refractivity contribution is -0.128. The predicted molar refractivity (Wildman–Crippen MR) is 110 cm³/mol. The van der Waals surface area contributed by atoms with Gasteiger partial charge in [0.05, 0.1) is 24.2 Å². The molecule has 0 unspecified atom stereocenters. The average Bonchev–Trinajstić information content (AvgIpc) is 2.64.